The number of fused-ring (bicyclic) bond motifs is 1. The molecule has 5 heteroatoms. The second-order valence-electron chi connectivity index (χ2n) is 5.10. The first-order chi connectivity index (χ1) is 10.2. The van der Waals surface area contributed by atoms with E-state index >= 15 is 0 Å². The van der Waals surface area contributed by atoms with Crippen molar-refractivity contribution >= 4 is 11.6 Å². The van der Waals surface area contributed by atoms with Gasteiger partial charge in [-0.15, -0.1) is 6.58 Å². The van der Waals surface area contributed by atoms with E-state index in [1.807, 2.05) is 18.2 Å². The van der Waals surface area contributed by atoms with Crippen LogP contribution in [0.4, 0.5) is 5.69 Å². The molecule has 1 aliphatic rings. The van der Waals surface area contributed by atoms with Crippen molar-refractivity contribution in [2.24, 2.45) is 0 Å². The van der Waals surface area contributed by atoms with Crippen molar-refractivity contribution in [2.45, 2.75) is 25.4 Å². The zero-order valence-corrected chi connectivity index (χ0v) is 12.1. The lowest BCUT2D eigenvalue weighted by molar-refractivity contribution is -0.116. The summed E-state index contributed by atoms with van der Waals surface area (Å²) in [5, 5.41) is 15.8. The van der Waals surface area contributed by atoms with Gasteiger partial charge in [0.15, 0.2) is 0 Å². The summed E-state index contributed by atoms with van der Waals surface area (Å²) in [6, 6.07) is 5.61. The lowest BCUT2D eigenvalue weighted by Gasteiger charge is -2.16. The third-order valence-corrected chi connectivity index (χ3v) is 3.34. The summed E-state index contributed by atoms with van der Waals surface area (Å²) >= 11 is 0. The summed E-state index contributed by atoms with van der Waals surface area (Å²) in [6.07, 6.45) is 3.30. The zero-order valence-electron chi connectivity index (χ0n) is 12.1. The first kappa shape index (κ1) is 15.5. The number of hydrogen-bond acceptors (Lipinski definition) is 4. The SMILES string of the molecule is C=CCNCC(O)COc1cccc2c1CCCC(=O)N2. The van der Waals surface area contributed by atoms with Crippen molar-refractivity contribution in [3.05, 3.63) is 36.4 Å². The highest BCUT2D eigenvalue weighted by molar-refractivity contribution is 5.92. The Morgan fingerprint density at radius 2 is 2.33 bits per heavy atom. The summed E-state index contributed by atoms with van der Waals surface area (Å²) in [6.45, 7) is 4.93. The van der Waals surface area contributed by atoms with Crippen LogP contribution >= 0.6 is 0 Å². The lowest BCUT2D eigenvalue weighted by Crippen LogP contribution is -2.31. The van der Waals surface area contributed by atoms with Gasteiger partial charge >= 0.3 is 0 Å². The summed E-state index contributed by atoms with van der Waals surface area (Å²) < 4.78 is 5.72. The number of benzene rings is 1. The predicted molar refractivity (Wildman–Crippen MR) is 82.6 cm³/mol. The Balaban J connectivity index is 1.96. The maximum absolute atomic E-state index is 11.6. The van der Waals surface area contributed by atoms with Gasteiger partial charge < -0.3 is 20.5 Å². The molecular formula is C16H22N2O3. The smallest absolute Gasteiger partial charge is 0.224 e. The molecule has 1 atom stereocenters. The van der Waals surface area contributed by atoms with E-state index in [0.29, 0.717) is 19.5 Å². The highest BCUT2D eigenvalue weighted by atomic mass is 16.5. The van der Waals surface area contributed by atoms with E-state index in [-0.39, 0.29) is 12.5 Å². The normalized spacial score (nSPS) is 15.6. The number of aliphatic hydroxyl groups excluding tert-OH is 1. The lowest BCUT2D eigenvalue weighted by atomic mass is 10.1. The van der Waals surface area contributed by atoms with Gasteiger partial charge in [0.05, 0.1) is 0 Å². The molecule has 1 amide bonds. The molecule has 1 unspecified atom stereocenters. The maximum atomic E-state index is 11.6. The third-order valence-electron chi connectivity index (χ3n) is 3.34. The Morgan fingerprint density at radius 3 is 3.14 bits per heavy atom. The summed E-state index contributed by atoms with van der Waals surface area (Å²) in [5.41, 5.74) is 1.82. The number of nitrogens with one attached hydrogen (secondary N) is 2. The molecule has 5 nitrogen and oxygen atoms in total. The molecule has 3 N–H and O–H groups in total. The predicted octanol–water partition coefficient (Wildman–Crippen LogP) is 1.48. The molecule has 0 fully saturated rings. The van der Waals surface area contributed by atoms with Crippen LogP contribution in [0.2, 0.25) is 0 Å². The number of carbonyl (C=O) groups excluding carboxylic acids is 1. The second-order valence-corrected chi connectivity index (χ2v) is 5.10. The van der Waals surface area contributed by atoms with Gasteiger partial charge in [0.2, 0.25) is 5.91 Å². The van der Waals surface area contributed by atoms with Crippen molar-refractivity contribution in [3.8, 4) is 5.75 Å². The van der Waals surface area contributed by atoms with E-state index in [1.54, 1.807) is 6.08 Å². The Kier molecular flexibility index (Phi) is 5.78. The molecular weight excluding hydrogens is 268 g/mol. The number of rotatable bonds is 7. The molecule has 0 aromatic heterocycles. The molecule has 0 radical (unpaired) electrons. The minimum absolute atomic E-state index is 0.0413. The first-order valence-corrected chi connectivity index (χ1v) is 7.25. The standard InChI is InChI=1S/C16H22N2O3/c1-2-9-17-10-12(19)11-21-15-7-4-6-14-13(15)5-3-8-16(20)18-14/h2,4,6-7,12,17,19H,1,3,5,8-11H2,(H,18,20). The van der Waals surface area contributed by atoms with Crippen LogP contribution in [-0.2, 0) is 11.2 Å². The van der Waals surface area contributed by atoms with Gasteiger partial charge in [0, 0.05) is 30.8 Å². The number of carbonyl (C=O) groups is 1. The minimum Gasteiger partial charge on any atom is -0.490 e. The Bertz CT molecular complexity index is 502. The second kappa shape index (κ2) is 7.81. The van der Waals surface area contributed by atoms with Gasteiger partial charge in [-0.1, -0.05) is 12.1 Å². The largest absolute Gasteiger partial charge is 0.490 e. The van der Waals surface area contributed by atoms with Gasteiger partial charge in [0.1, 0.15) is 18.5 Å². The van der Waals surface area contributed by atoms with Crippen molar-refractivity contribution in [2.75, 3.05) is 25.0 Å². The third kappa shape index (κ3) is 4.58. The molecule has 2 rings (SSSR count). The van der Waals surface area contributed by atoms with E-state index in [0.717, 1.165) is 29.8 Å². The van der Waals surface area contributed by atoms with Crippen molar-refractivity contribution in [3.63, 3.8) is 0 Å². The quantitative estimate of drug-likeness (QED) is 0.525. The Morgan fingerprint density at radius 1 is 1.48 bits per heavy atom. The van der Waals surface area contributed by atoms with Crippen molar-refractivity contribution in [1.82, 2.24) is 5.32 Å². The molecule has 1 heterocycles. The van der Waals surface area contributed by atoms with E-state index in [9.17, 15) is 9.90 Å². The van der Waals surface area contributed by atoms with Crippen LogP contribution in [0.1, 0.15) is 18.4 Å². The fraction of sp³-hybridized carbons (Fsp3) is 0.438. The average Bonchev–Trinajstić information content (AvgIpc) is 2.66. The molecule has 114 valence electrons. The topological polar surface area (TPSA) is 70.6 Å². The number of aliphatic hydroxyl groups is 1. The van der Waals surface area contributed by atoms with Crippen LogP contribution in [0, 0.1) is 0 Å². The maximum Gasteiger partial charge on any atom is 0.224 e. The average molecular weight is 290 g/mol. The molecule has 1 aromatic carbocycles. The Hall–Kier alpha value is -1.85. The van der Waals surface area contributed by atoms with Gasteiger partial charge in [-0.05, 0) is 25.0 Å². The summed E-state index contributed by atoms with van der Waals surface area (Å²) in [7, 11) is 0. The molecule has 1 aliphatic heterocycles. The highest BCUT2D eigenvalue weighted by Crippen LogP contribution is 2.30. The molecule has 0 spiro atoms. The number of anilines is 1. The molecule has 0 bridgehead atoms. The van der Waals surface area contributed by atoms with Crippen LogP contribution < -0.4 is 15.4 Å². The summed E-state index contributed by atoms with van der Waals surface area (Å²) in [4.78, 5) is 11.6. The van der Waals surface area contributed by atoms with Crippen LogP contribution in [0.15, 0.2) is 30.9 Å². The first-order valence-electron chi connectivity index (χ1n) is 7.25. The zero-order chi connectivity index (χ0) is 15.1. The fourth-order valence-corrected chi connectivity index (χ4v) is 2.31. The van der Waals surface area contributed by atoms with Crippen molar-refractivity contribution < 1.29 is 14.6 Å². The van der Waals surface area contributed by atoms with Crippen LogP contribution in [0.5, 0.6) is 5.75 Å². The monoisotopic (exact) mass is 290 g/mol. The minimum atomic E-state index is -0.582. The van der Waals surface area contributed by atoms with Gasteiger partial charge in [-0.25, -0.2) is 0 Å². The summed E-state index contributed by atoms with van der Waals surface area (Å²) in [5.74, 6) is 0.775. The van der Waals surface area contributed by atoms with Crippen LogP contribution in [0.25, 0.3) is 0 Å². The van der Waals surface area contributed by atoms with Gasteiger partial charge in [-0.3, -0.25) is 4.79 Å². The van der Waals surface area contributed by atoms with Crippen molar-refractivity contribution in [1.29, 1.82) is 0 Å². The Labute approximate surface area is 125 Å². The van der Waals surface area contributed by atoms with E-state index in [1.165, 1.54) is 0 Å². The molecule has 0 saturated heterocycles. The fourth-order valence-electron chi connectivity index (χ4n) is 2.31. The van der Waals surface area contributed by atoms with Gasteiger partial charge in [-0.2, -0.15) is 0 Å². The number of amides is 1. The number of hydrogen-bond donors (Lipinski definition) is 3. The van der Waals surface area contributed by atoms with E-state index < -0.39 is 6.10 Å². The van der Waals surface area contributed by atoms with E-state index in [2.05, 4.69) is 17.2 Å². The van der Waals surface area contributed by atoms with E-state index in [4.69, 9.17) is 4.74 Å². The molecule has 1 aromatic rings. The van der Waals surface area contributed by atoms with Gasteiger partial charge in [0.25, 0.3) is 0 Å². The molecule has 21 heavy (non-hydrogen) atoms. The van der Waals surface area contributed by atoms with Crippen LogP contribution in [-0.4, -0.2) is 36.8 Å². The highest BCUT2D eigenvalue weighted by Gasteiger charge is 2.17. The molecule has 0 aliphatic carbocycles. The number of ether oxygens (including phenoxy) is 1. The molecule has 0 saturated carbocycles. The van der Waals surface area contributed by atoms with Crippen LogP contribution in [0.3, 0.4) is 0 Å².